The largest absolute Gasteiger partial charge is 0.496 e. The minimum absolute atomic E-state index is 0.599. The molecule has 24 heavy (non-hydrogen) atoms. The first-order chi connectivity index (χ1) is 11.4. The van der Waals surface area contributed by atoms with Crippen LogP contribution in [0.2, 0.25) is 0 Å². The maximum absolute atomic E-state index is 12.7. The van der Waals surface area contributed by atoms with Crippen LogP contribution in [0.3, 0.4) is 0 Å². The number of methoxy groups -OCH3 is 1. The topological polar surface area (TPSA) is 49.5 Å². The molecule has 1 heterocycles. The summed E-state index contributed by atoms with van der Waals surface area (Å²) in [6.45, 7) is 1.89. The third-order valence-electron chi connectivity index (χ3n) is 3.39. The molecular formula is C15H13F3N4OS. The molecular weight excluding hydrogens is 341 g/mol. The number of benzene rings is 2. The van der Waals surface area contributed by atoms with Crippen molar-refractivity contribution in [2.75, 3.05) is 11.5 Å². The molecule has 2 aromatic rings. The number of hydrogen-bond donors (Lipinski definition) is 0. The Morgan fingerprint density at radius 3 is 2.38 bits per heavy atom. The summed E-state index contributed by atoms with van der Waals surface area (Å²) in [7, 11) is 0.668. The van der Waals surface area contributed by atoms with E-state index < -0.39 is 22.6 Å². The Morgan fingerprint density at radius 1 is 1.08 bits per heavy atom. The van der Waals surface area contributed by atoms with E-state index in [-0.39, 0.29) is 0 Å². The lowest BCUT2D eigenvalue weighted by atomic mass is 10.2. The van der Waals surface area contributed by atoms with Crippen LogP contribution in [0.5, 0.6) is 5.75 Å². The summed E-state index contributed by atoms with van der Waals surface area (Å²) >= 11 is 0. The predicted octanol–water partition coefficient (Wildman–Crippen LogP) is 4.90. The summed E-state index contributed by atoms with van der Waals surface area (Å²) in [6.07, 6.45) is -4.37. The molecule has 0 aromatic heterocycles. The fourth-order valence-electron chi connectivity index (χ4n) is 2.20. The van der Waals surface area contributed by atoms with Crippen LogP contribution in [-0.2, 0) is 17.1 Å². The van der Waals surface area contributed by atoms with E-state index >= 15 is 0 Å². The van der Waals surface area contributed by atoms with Gasteiger partial charge in [0.2, 0.25) is 0 Å². The lowest BCUT2D eigenvalue weighted by Gasteiger charge is -2.17. The van der Waals surface area contributed by atoms with Gasteiger partial charge in [-0.25, -0.2) is 0 Å². The van der Waals surface area contributed by atoms with Crippen LogP contribution in [0.1, 0.15) is 11.1 Å². The quantitative estimate of drug-likeness (QED) is 0.787. The van der Waals surface area contributed by atoms with Gasteiger partial charge in [0.05, 0.1) is 29.2 Å². The molecule has 1 atom stereocenters. The van der Waals surface area contributed by atoms with Gasteiger partial charge in [0.1, 0.15) is 5.75 Å². The van der Waals surface area contributed by atoms with Crippen LogP contribution in [0.25, 0.3) is 0 Å². The summed E-state index contributed by atoms with van der Waals surface area (Å²) in [5.41, 5.74) is 0.948. The summed E-state index contributed by atoms with van der Waals surface area (Å²) in [5, 5.41) is 7.65. The van der Waals surface area contributed by atoms with Crippen LogP contribution in [-0.4, -0.2) is 7.11 Å². The lowest BCUT2D eigenvalue weighted by molar-refractivity contribution is -0.137. The Morgan fingerprint density at radius 2 is 1.79 bits per heavy atom. The number of halogens is 3. The second-order valence-corrected chi connectivity index (χ2v) is 6.48. The van der Waals surface area contributed by atoms with Gasteiger partial charge in [-0.15, -0.1) is 0 Å². The van der Waals surface area contributed by atoms with Crippen LogP contribution in [0.4, 0.5) is 18.9 Å². The fraction of sp³-hybridized carbons (Fsp3) is 0.200. The zero-order chi connectivity index (χ0) is 17.3. The molecule has 0 N–H and O–H groups in total. The number of hydrogen-bond acceptors (Lipinski definition) is 5. The highest BCUT2D eigenvalue weighted by Crippen LogP contribution is 2.33. The van der Waals surface area contributed by atoms with Gasteiger partial charge in [-0.1, -0.05) is 4.47 Å². The zero-order valence-electron chi connectivity index (χ0n) is 12.8. The number of ether oxygens (including phenoxy) is 1. The third kappa shape index (κ3) is 3.12. The first-order valence-electron chi connectivity index (χ1n) is 6.88. The Bertz CT molecular complexity index is 818. The Kier molecular flexibility index (Phi) is 4.27. The Labute approximate surface area is 138 Å². The second kappa shape index (κ2) is 6.23. The van der Waals surface area contributed by atoms with E-state index in [9.17, 15) is 13.2 Å². The zero-order valence-corrected chi connectivity index (χ0v) is 13.6. The second-order valence-electron chi connectivity index (χ2n) is 4.97. The Balaban J connectivity index is 1.90. The molecule has 1 unspecified atom stereocenters. The molecule has 0 radical (unpaired) electrons. The average molecular weight is 354 g/mol. The van der Waals surface area contributed by atoms with E-state index in [1.165, 1.54) is 12.1 Å². The predicted molar refractivity (Wildman–Crippen MR) is 84.6 cm³/mol. The first kappa shape index (κ1) is 16.4. The molecule has 0 saturated carbocycles. The van der Waals surface area contributed by atoms with Gasteiger partial charge in [-0.2, -0.15) is 17.6 Å². The first-order valence-corrected chi connectivity index (χ1v) is 8.02. The smallest absolute Gasteiger partial charge is 0.416 e. The molecule has 0 bridgehead atoms. The number of alkyl halides is 3. The highest BCUT2D eigenvalue weighted by atomic mass is 32.2. The van der Waals surface area contributed by atoms with E-state index in [1.54, 1.807) is 23.7 Å². The van der Waals surface area contributed by atoms with E-state index in [4.69, 9.17) is 4.74 Å². The Hall–Kier alpha value is -2.42. The molecule has 0 saturated heterocycles. The van der Waals surface area contributed by atoms with Gasteiger partial charge < -0.3 is 4.74 Å². The van der Waals surface area contributed by atoms with Crippen molar-refractivity contribution in [1.29, 1.82) is 0 Å². The van der Waals surface area contributed by atoms with Gasteiger partial charge in [0.15, 0.2) is 0 Å². The van der Waals surface area contributed by atoms with E-state index in [0.717, 1.165) is 29.1 Å². The van der Waals surface area contributed by atoms with E-state index in [2.05, 4.69) is 14.9 Å². The van der Waals surface area contributed by atoms with Gasteiger partial charge in [-0.3, -0.25) is 0 Å². The van der Waals surface area contributed by atoms with Crippen molar-refractivity contribution < 1.29 is 17.9 Å². The molecule has 0 spiro atoms. The van der Waals surface area contributed by atoms with Crippen LogP contribution in [0, 0.1) is 6.92 Å². The SMILES string of the molecule is COc1ccc(N2N=NN=S2c2ccc(C(F)(F)F)cc2)cc1C. The summed E-state index contributed by atoms with van der Waals surface area (Å²) in [5.74, 6) is 0.737. The molecule has 5 nitrogen and oxygen atoms in total. The van der Waals surface area contributed by atoms with Crippen molar-refractivity contribution in [1.82, 2.24) is 0 Å². The standard InChI is InChI=1S/C15H13F3N4OS/c1-10-9-12(5-8-14(10)23-2)22-20-19-21-24(22)13-6-3-11(4-7-13)15(16,17)18/h3-9H,1-2H3. The van der Waals surface area contributed by atoms with Gasteiger partial charge in [-0.05, 0) is 65.4 Å². The molecule has 9 heteroatoms. The highest BCUT2D eigenvalue weighted by Gasteiger charge is 2.30. The normalized spacial score (nSPS) is 17.0. The minimum atomic E-state index is -4.37. The summed E-state index contributed by atoms with van der Waals surface area (Å²) < 4.78 is 48.8. The van der Waals surface area contributed by atoms with Crippen molar-refractivity contribution in [3.63, 3.8) is 0 Å². The molecule has 3 rings (SSSR count). The number of anilines is 1. The van der Waals surface area contributed by atoms with Gasteiger partial charge in [0, 0.05) is 4.90 Å². The van der Waals surface area contributed by atoms with Crippen LogP contribution < -0.4 is 9.15 Å². The molecule has 0 aliphatic carbocycles. The molecule has 126 valence electrons. The minimum Gasteiger partial charge on any atom is -0.496 e. The lowest BCUT2D eigenvalue weighted by Crippen LogP contribution is -2.16. The van der Waals surface area contributed by atoms with E-state index in [1.807, 2.05) is 13.0 Å². The summed E-state index contributed by atoms with van der Waals surface area (Å²) in [4.78, 5) is 0.599. The number of rotatable bonds is 3. The van der Waals surface area contributed by atoms with Crippen molar-refractivity contribution >= 4 is 16.6 Å². The highest BCUT2D eigenvalue weighted by molar-refractivity contribution is 7.88. The monoisotopic (exact) mass is 354 g/mol. The maximum atomic E-state index is 12.7. The third-order valence-corrected chi connectivity index (χ3v) is 4.92. The maximum Gasteiger partial charge on any atom is 0.416 e. The number of aryl methyl sites for hydroxylation is 1. The molecule has 1 aliphatic rings. The van der Waals surface area contributed by atoms with E-state index in [0.29, 0.717) is 4.90 Å². The average Bonchev–Trinajstić information content (AvgIpc) is 3.03. The molecule has 1 aliphatic heterocycles. The van der Waals surface area contributed by atoms with Crippen molar-refractivity contribution in [2.24, 2.45) is 14.9 Å². The van der Waals surface area contributed by atoms with Crippen molar-refractivity contribution in [3.8, 4) is 5.75 Å². The van der Waals surface area contributed by atoms with Gasteiger partial charge in [0.25, 0.3) is 0 Å². The molecule has 0 amide bonds. The van der Waals surface area contributed by atoms with Crippen LogP contribution >= 0.6 is 0 Å². The van der Waals surface area contributed by atoms with Crippen LogP contribution in [0.15, 0.2) is 62.3 Å². The summed E-state index contributed by atoms with van der Waals surface area (Å²) in [6, 6.07) is 10.3. The molecule has 2 aromatic carbocycles. The number of nitrogens with zero attached hydrogens (tertiary/aromatic N) is 4. The van der Waals surface area contributed by atoms with Gasteiger partial charge >= 0.3 is 6.18 Å². The van der Waals surface area contributed by atoms with Crippen molar-refractivity contribution in [3.05, 3.63) is 53.6 Å². The molecule has 0 fully saturated rings. The fourth-order valence-corrected chi connectivity index (χ4v) is 3.46. The van der Waals surface area contributed by atoms with Crippen molar-refractivity contribution in [2.45, 2.75) is 18.0 Å².